The molecule has 1 saturated heterocycles. The quantitative estimate of drug-likeness (QED) is 0.916. The molecule has 2 amide bonds. The lowest BCUT2D eigenvalue weighted by Gasteiger charge is -2.34. The van der Waals surface area contributed by atoms with Gasteiger partial charge in [-0.25, -0.2) is 4.79 Å². The molecule has 124 valence electrons. The molecule has 0 saturated carbocycles. The minimum absolute atomic E-state index is 0.00924. The van der Waals surface area contributed by atoms with Crippen LogP contribution in [-0.4, -0.2) is 51.8 Å². The van der Waals surface area contributed by atoms with Gasteiger partial charge in [0.25, 0.3) is 0 Å². The van der Waals surface area contributed by atoms with Crippen LogP contribution >= 0.6 is 22.9 Å². The van der Waals surface area contributed by atoms with Crippen molar-refractivity contribution in [1.29, 1.82) is 0 Å². The number of piperazine rings is 1. The topological polar surface area (TPSA) is 53.4 Å². The molecule has 1 fully saturated rings. The first-order valence-corrected chi connectivity index (χ1v) is 8.77. The molecule has 3 heterocycles. The van der Waals surface area contributed by atoms with Crippen molar-refractivity contribution in [2.45, 2.75) is 13.1 Å². The monoisotopic (exact) mass is 353 g/mol. The second-order valence-corrected chi connectivity index (χ2v) is 7.37. The Morgan fingerprint density at radius 1 is 1.30 bits per heavy atom. The van der Waals surface area contributed by atoms with Crippen molar-refractivity contribution in [3.05, 3.63) is 39.3 Å². The summed E-state index contributed by atoms with van der Waals surface area (Å²) in [6, 6.07) is 5.90. The number of carbonyl (C=O) groups is 1. The van der Waals surface area contributed by atoms with Crippen molar-refractivity contribution < 1.29 is 4.79 Å². The van der Waals surface area contributed by atoms with Crippen molar-refractivity contribution in [2.24, 2.45) is 7.05 Å². The number of hydrogen-bond acceptors (Lipinski definition) is 4. The maximum atomic E-state index is 12.2. The van der Waals surface area contributed by atoms with Crippen LogP contribution in [0.1, 0.15) is 10.6 Å². The maximum Gasteiger partial charge on any atom is 0.317 e. The van der Waals surface area contributed by atoms with Crippen LogP contribution in [0.2, 0.25) is 4.34 Å². The van der Waals surface area contributed by atoms with Crippen LogP contribution in [-0.2, 0) is 20.1 Å². The molecule has 1 N–H and O–H groups in total. The van der Waals surface area contributed by atoms with Crippen molar-refractivity contribution in [2.75, 3.05) is 26.2 Å². The summed E-state index contributed by atoms with van der Waals surface area (Å²) >= 11 is 7.58. The Labute approximate surface area is 144 Å². The van der Waals surface area contributed by atoms with Crippen LogP contribution in [0.5, 0.6) is 0 Å². The number of thiophene rings is 1. The van der Waals surface area contributed by atoms with E-state index >= 15 is 0 Å². The molecule has 1 aliphatic heterocycles. The number of hydrogen-bond donors (Lipinski definition) is 1. The fourth-order valence-electron chi connectivity index (χ4n) is 2.62. The van der Waals surface area contributed by atoms with E-state index in [9.17, 15) is 4.79 Å². The van der Waals surface area contributed by atoms with E-state index in [1.165, 1.54) is 4.88 Å². The number of aromatic nitrogens is 2. The van der Waals surface area contributed by atoms with Gasteiger partial charge in [-0.3, -0.25) is 9.58 Å². The van der Waals surface area contributed by atoms with Crippen molar-refractivity contribution in [3.63, 3.8) is 0 Å². The first-order chi connectivity index (χ1) is 11.1. The molecule has 0 aliphatic carbocycles. The Morgan fingerprint density at radius 3 is 2.70 bits per heavy atom. The third-order valence-corrected chi connectivity index (χ3v) is 5.23. The highest BCUT2D eigenvalue weighted by Crippen LogP contribution is 2.23. The Bertz CT molecular complexity index is 662. The standard InChI is InChI=1S/C15H20ClN5OS/c1-19-12(4-5-18-19)10-17-15(22)21-8-6-20(7-9-21)11-13-2-3-14(16)23-13/h2-5H,6-11H2,1H3,(H,17,22). The highest BCUT2D eigenvalue weighted by molar-refractivity contribution is 7.16. The lowest BCUT2D eigenvalue weighted by molar-refractivity contribution is 0.135. The predicted octanol–water partition coefficient (Wildman–Crippen LogP) is 2.16. The van der Waals surface area contributed by atoms with Crippen LogP contribution in [0.15, 0.2) is 24.4 Å². The number of nitrogens with zero attached hydrogens (tertiary/aromatic N) is 4. The maximum absolute atomic E-state index is 12.2. The number of nitrogens with one attached hydrogen (secondary N) is 1. The first-order valence-electron chi connectivity index (χ1n) is 7.58. The average molecular weight is 354 g/mol. The molecule has 23 heavy (non-hydrogen) atoms. The lowest BCUT2D eigenvalue weighted by Crippen LogP contribution is -2.51. The van der Waals surface area contributed by atoms with E-state index < -0.39 is 0 Å². The molecule has 6 nitrogen and oxygen atoms in total. The van der Waals surface area contributed by atoms with Gasteiger partial charge in [0.1, 0.15) is 0 Å². The van der Waals surface area contributed by atoms with Crippen molar-refractivity contribution in [3.8, 4) is 0 Å². The molecule has 1 aliphatic rings. The van der Waals surface area contributed by atoms with Gasteiger partial charge in [0.15, 0.2) is 0 Å². The molecule has 0 unspecified atom stereocenters. The summed E-state index contributed by atoms with van der Waals surface area (Å²) in [5, 5.41) is 7.05. The second-order valence-electron chi connectivity index (χ2n) is 5.57. The third-order valence-electron chi connectivity index (χ3n) is 4.01. The van der Waals surface area contributed by atoms with Gasteiger partial charge in [-0.1, -0.05) is 11.6 Å². The fraction of sp³-hybridized carbons (Fsp3) is 0.467. The zero-order valence-electron chi connectivity index (χ0n) is 13.0. The molecule has 0 radical (unpaired) electrons. The minimum Gasteiger partial charge on any atom is -0.332 e. The lowest BCUT2D eigenvalue weighted by atomic mass is 10.3. The number of aryl methyl sites for hydroxylation is 1. The summed E-state index contributed by atoms with van der Waals surface area (Å²) in [5.74, 6) is 0. The van der Waals surface area contributed by atoms with Crippen LogP contribution in [0.25, 0.3) is 0 Å². The van der Waals surface area contributed by atoms with E-state index in [2.05, 4.69) is 21.4 Å². The molecule has 3 rings (SSSR count). The average Bonchev–Trinajstić information content (AvgIpc) is 3.14. The zero-order chi connectivity index (χ0) is 16.2. The van der Waals surface area contributed by atoms with Crippen LogP contribution in [0.4, 0.5) is 4.79 Å². The Morgan fingerprint density at radius 2 is 2.09 bits per heavy atom. The van der Waals surface area contributed by atoms with E-state index in [0.29, 0.717) is 6.54 Å². The Hall–Kier alpha value is -1.57. The van der Waals surface area contributed by atoms with E-state index in [1.807, 2.05) is 24.1 Å². The summed E-state index contributed by atoms with van der Waals surface area (Å²) < 4.78 is 2.60. The highest BCUT2D eigenvalue weighted by atomic mass is 35.5. The van der Waals surface area contributed by atoms with E-state index in [0.717, 1.165) is 42.8 Å². The van der Waals surface area contributed by atoms with Gasteiger partial charge >= 0.3 is 6.03 Å². The Balaban J connectivity index is 1.43. The van der Waals surface area contributed by atoms with Gasteiger partial charge in [0, 0.05) is 50.8 Å². The largest absolute Gasteiger partial charge is 0.332 e. The first kappa shape index (κ1) is 16.3. The minimum atomic E-state index is -0.00924. The van der Waals surface area contributed by atoms with E-state index in [1.54, 1.807) is 22.2 Å². The molecule has 0 bridgehead atoms. The van der Waals surface area contributed by atoms with Gasteiger partial charge in [-0.05, 0) is 18.2 Å². The normalized spacial score (nSPS) is 15.8. The van der Waals surface area contributed by atoms with Gasteiger partial charge in [0.2, 0.25) is 0 Å². The summed E-state index contributed by atoms with van der Waals surface area (Å²) in [7, 11) is 1.87. The van der Waals surface area contributed by atoms with Crippen LogP contribution < -0.4 is 5.32 Å². The smallest absolute Gasteiger partial charge is 0.317 e. The van der Waals surface area contributed by atoms with Gasteiger partial charge in [-0.2, -0.15) is 5.10 Å². The fourth-order valence-corrected chi connectivity index (χ4v) is 3.75. The number of amides is 2. The predicted molar refractivity (Wildman–Crippen MR) is 91.6 cm³/mol. The summed E-state index contributed by atoms with van der Waals surface area (Å²) in [4.78, 5) is 17.7. The molecule has 8 heteroatoms. The molecule has 2 aromatic rings. The molecule has 0 atom stereocenters. The summed E-state index contributed by atoms with van der Waals surface area (Å²) in [5.41, 5.74) is 0.992. The number of halogens is 1. The van der Waals surface area contributed by atoms with E-state index in [4.69, 9.17) is 11.6 Å². The molecule has 2 aromatic heterocycles. The summed E-state index contributed by atoms with van der Waals surface area (Å²) in [6.07, 6.45) is 1.73. The van der Waals surface area contributed by atoms with Gasteiger partial charge in [0.05, 0.1) is 16.6 Å². The SMILES string of the molecule is Cn1nccc1CNC(=O)N1CCN(Cc2ccc(Cl)s2)CC1. The van der Waals surface area contributed by atoms with Crippen molar-refractivity contribution in [1.82, 2.24) is 24.9 Å². The van der Waals surface area contributed by atoms with Gasteiger partial charge in [-0.15, -0.1) is 11.3 Å². The van der Waals surface area contributed by atoms with Crippen molar-refractivity contribution >= 4 is 29.0 Å². The van der Waals surface area contributed by atoms with E-state index in [-0.39, 0.29) is 6.03 Å². The number of carbonyl (C=O) groups excluding carboxylic acids is 1. The number of urea groups is 1. The molecular weight excluding hydrogens is 334 g/mol. The number of rotatable bonds is 4. The van der Waals surface area contributed by atoms with Crippen LogP contribution in [0.3, 0.4) is 0 Å². The van der Waals surface area contributed by atoms with Gasteiger partial charge < -0.3 is 10.2 Å². The van der Waals surface area contributed by atoms with Crippen LogP contribution in [0, 0.1) is 0 Å². The summed E-state index contributed by atoms with van der Waals surface area (Å²) in [6.45, 7) is 4.67. The molecular formula is C15H20ClN5OS. The highest BCUT2D eigenvalue weighted by Gasteiger charge is 2.21. The molecule has 0 spiro atoms. The third kappa shape index (κ3) is 4.25. The molecule has 0 aromatic carbocycles. The second kappa shape index (κ2) is 7.33. The Kier molecular flexibility index (Phi) is 5.20. The zero-order valence-corrected chi connectivity index (χ0v) is 14.6.